The van der Waals surface area contributed by atoms with Gasteiger partial charge in [-0.3, -0.25) is 4.68 Å². The molecule has 1 aromatic heterocycles. The van der Waals surface area contributed by atoms with Crippen LogP contribution < -0.4 is 5.32 Å². The first-order chi connectivity index (χ1) is 9.66. The first kappa shape index (κ1) is 13.8. The van der Waals surface area contributed by atoms with Gasteiger partial charge in [0.25, 0.3) is 0 Å². The van der Waals surface area contributed by atoms with Crippen LogP contribution in [0.5, 0.6) is 0 Å². The summed E-state index contributed by atoms with van der Waals surface area (Å²) in [5.41, 5.74) is 4.98. The first-order valence-corrected chi connectivity index (χ1v) is 7.97. The number of nitrogens with one attached hydrogen (secondary N) is 1. The molecule has 2 heterocycles. The molecule has 1 unspecified atom stereocenters. The lowest BCUT2D eigenvalue weighted by Gasteiger charge is -2.24. The van der Waals surface area contributed by atoms with E-state index < -0.39 is 0 Å². The minimum atomic E-state index is 0.492. The Morgan fingerprint density at radius 2 is 2.20 bits per heavy atom. The van der Waals surface area contributed by atoms with E-state index in [4.69, 9.17) is 0 Å². The monoisotopic (exact) mass is 333 g/mol. The maximum Gasteiger partial charge on any atom is 0.0647 e. The highest BCUT2D eigenvalue weighted by Gasteiger charge is 2.19. The molecule has 1 fully saturated rings. The Kier molecular flexibility index (Phi) is 3.94. The molecule has 106 valence electrons. The number of nitrogens with zero attached hydrogens (tertiary/aromatic N) is 2. The van der Waals surface area contributed by atoms with Crippen molar-refractivity contribution in [2.24, 2.45) is 0 Å². The molecule has 20 heavy (non-hydrogen) atoms. The highest BCUT2D eigenvalue weighted by Crippen LogP contribution is 2.29. The van der Waals surface area contributed by atoms with Gasteiger partial charge in [0.2, 0.25) is 0 Å². The molecule has 0 saturated carbocycles. The number of piperidine rings is 1. The van der Waals surface area contributed by atoms with Gasteiger partial charge in [0, 0.05) is 22.3 Å². The van der Waals surface area contributed by atoms with Gasteiger partial charge in [-0.05, 0) is 50.4 Å². The lowest BCUT2D eigenvalue weighted by atomic mass is 10.0. The van der Waals surface area contributed by atoms with Gasteiger partial charge in [-0.1, -0.05) is 28.1 Å². The van der Waals surface area contributed by atoms with Crippen LogP contribution in [0.2, 0.25) is 0 Å². The zero-order valence-corrected chi connectivity index (χ0v) is 13.6. The van der Waals surface area contributed by atoms with E-state index in [2.05, 4.69) is 63.1 Å². The Labute approximate surface area is 128 Å². The van der Waals surface area contributed by atoms with E-state index in [1.807, 2.05) is 6.20 Å². The van der Waals surface area contributed by atoms with Gasteiger partial charge in [-0.25, -0.2) is 0 Å². The zero-order chi connectivity index (χ0) is 14.1. The fourth-order valence-corrected chi connectivity index (χ4v) is 3.26. The Morgan fingerprint density at radius 3 is 2.90 bits per heavy atom. The average Bonchev–Trinajstić information content (AvgIpc) is 2.85. The molecule has 0 radical (unpaired) electrons. The van der Waals surface area contributed by atoms with Crippen molar-refractivity contribution in [2.75, 3.05) is 13.1 Å². The molecule has 1 N–H and O–H groups in total. The number of hydrogen-bond acceptors (Lipinski definition) is 2. The third-order valence-corrected chi connectivity index (χ3v) is 5.00. The molecule has 0 bridgehead atoms. The van der Waals surface area contributed by atoms with Crippen LogP contribution in [-0.2, 0) is 0 Å². The van der Waals surface area contributed by atoms with E-state index in [1.165, 1.54) is 35.2 Å². The predicted octanol–water partition coefficient (Wildman–Crippen LogP) is 3.85. The minimum Gasteiger partial charge on any atom is -0.315 e. The number of hydrogen-bond donors (Lipinski definition) is 1. The molecule has 1 aliphatic rings. The van der Waals surface area contributed by atoms with Crippen LogP contribution in [0, 0.1) is 13.8 Å². The Balaban J connectivity index is 1.94. The van der Waals surface area contributed by atoms with Crippen molar-refractivity contribution in [2.45, 2.75) is 32.7 Å². The smallest absolute Gasteiger partial charge is 0.0647 e. The maximum atomic E-state index is 4.63. The summed E-state index contributed by atoms with van der Waals surface area (Å²) < 4.78 is 3.34. The van der Waals surface area contributed by atoms with Crippen LogP contribution in [-0.4, -0.2) is 22.9 Å². The summed E-state index contributed by atoms with van der Waals surface area (Å²) in [5, 5.41) is 8.09. The molecule has 3 rings (SSSR count). The molecule has 1 aliphatic heterocycles. The molecule has 0 amide bonds. The SMILES string of the molecule is Cc1ccc(-c2cnn(C3CCCNC3)c2C)cc1Br. The van der Waals surface area contributed by atoms with Crippen LogP contribution in [0.4, 0.5) is 0 Å². The molecule has 4 heteroatoms. The molecular weight excluding hydrogens is 314 g/mol. The third-order valence-electron chi connectivity index (χ3n) is 4.14. The van der Waals surface area contributed by atoms with E-state index in [1.54, 1.807) is 0 Å². The number of rotatable bonds is 2. The molecule has 1 aromatic carbocycles. The van der Waals surface area contributed by atoms with Gasteiger partial charge in [0.15, 0.2) is 0 Å². The van der Waals surface area contributed by atoms with E-state index >= 15 is 0 Å². The fourth-order valence-electron chi connectivity index (χ4n) is 2.88. The van der Waals surface area contributed by atoms with Crippen molar-refractivity contribution in [1.82, 2.24) is 15.1 Å². The Hall–Kier alpha value is -1.13. The molecule has 2 aromatic rings. The largest absolute Gasteiger partial charge is 0.315 e. The van der Waals surface area contributed by atoms with Gasteiger partial charge >= 0.3 is 0 Å². The predicted molar refractivity (Wildman–Crippen MR) is 86.0 cm³/mol. The van der Waals surface area contributed by atoms with Crippen molar-refractivity contribution in [3.63, 3.8) is 0 Å². The summed E-state index contributed by atoms with van der Waals surface area (Å²) in [4.78, 5) is 0. The van der Waals surface area contributed by atoms with E-state index in [-0.39, 0.29) is 0 Å². The molecule has 1 saturated heterocycles. The topological polar surface area (TPSA) is 29.9 Å². The normalized spacial score (nSPS) is 19.2. The van der Waals surface area contributed by atoms with Crippen LogP contribution in [0.3, 0.4) is 0 Å². The lowest BCUT2D eigenvalue weighted by molar-refractivity contribution is 0.342. The molecular formula is C16H20BrN3. The number of halogens is 1. The summed E-state index contributed by atoms with van der Waals surface area (Å²) in [7, 11) is 0. The van der Waals surface area contributed by atoms with Crippen molar-refractivity contribution < 1.29 is 0 Å². The number of aromatic nitrogens is 2. The van der Waals surface area contributed by atoms with Gasteiger partial charge in [-0.15, -0.1) is 0 Å². The third kappa shape index (κ3) is 2.54. The minimum absolute atomic E-state index is 0.492. The van der Waals surface area contributed by atoms with E-state index in [0.717, 1.165) is 17.6 Å². The van der Waals surface area contributed by atoms with Crippen LogP contribution in [0.15, 0.2) is 28.9 Å². The molecule has 0 spiro atoms. The van der Waals surface area contributed by atoms with Crippen molar-refractivity contribution in [3.05, 3.63) is 40.1 Å². The summed E-state index contributed by atoms with van der Waals surface area (Å²) in [6, 6.07) is 7.00. The van der Waals surface area contributed by atoms with Gasteiger partial charge < -0.3 is 5.32 Å². The Morgan fingerprint density at radius 1 is 1.35 bits per heavy atom. The number of aryl methyl sites for hydroxylation is 1. The van der Waals surface area contributed by atoms with Crippen LogP contribution >= 0.6 is 15.9 Å². The van der Waals surface area contributed by atoms with Crippen LogP contribution in [0.25, 0.3) is 11.1 Å². The molecule has 1 atom stereocenters. The van der Waals surface area contributed by atoms with Gasteiger partial charge in [0.05, 0.1) is 12.2 Å². The van der Waals surface area contributed by atoms with Crippen molar-refractivity contribution in [1.29, 1.82) is 0 Å². The standard InChI is InChI=1S/C16H20BrN3/c1-11-5-6-13(8-16(11)17)15-10-19-20(12(15)2)14-4-3-7-18-9-14/h5-6,8,10,14,18H,3-4,7,9H2,1-2H3. The molecule has 0 aliphatic carbocycles. The van der Waals surface area contributed by atoms with E-state index in [9.17, 15) is 0 Å². The number of benzene rings is 1. The second kappa shape index (κ2) is 5.70. The summed E-state index contributed by atoms with van der Waals surface area (Å²) >= 11 is 3.61. The fraction of sp³-hybridized carbons (Fsp3) is 0.438. The molecule has 3 nitrogen and oxygen atoms in total. The maximum absolute atomic E-state index is 4.63. The van der Waals surface area contributed by atoms with Crippen molar-refractivity contribution in [3.8, 4) is 11.1 Å². The summed E-state index contributed by atoms with van der Waals surface area (Å²) in [6.07, 6.45) is 4.45. The van der Waals surface area contributed by atoms with Crippen LogP contribution in [0.1, 0.15) is 30.1 Å². The quantitative estimate of drug-likeness (QED) is 0.904. The van der Waals surface area contributed by atoms with Crippen molar-refractivity contribution >= 4 is 15.9 Å². The van der Waals surface area contributed by atoms with E-state index in [0.29, 0.717) is 6.04 Å². The highest BCUT2D eigenvalue weighted by atomic mass is 79.9. The van der Waals surface area contributed by atoms with Gasteiger partial charge in [-0.2, -0.15) is 5.10 Å². The summed E-state index contributed by atoms with van der Waals surface area (Å²) in [5.74, 6) is 0. The zero-order valence-electron chi connectivity index (χ0n) is 12.0. The summed E-state index contributed by atoms with van der Waals surface area (Å²) in [6.45, 7) is 6.44. The Bertz CT molecular complexity index is 612. The lowest BCUT2D eigenvalue weighted by Crippen LogP contribution is -2.32. The van der Waals surface area contributed by atoms with Gasteiger partial charge in [0.1, 0.15) is 0 Å². The second-order valence-corrected chi connectivity index (χ2v) is 6.41. The first-order valence-electron chi connectivity index (χ1n) is 7.18. The average molecular weight is 334 g/mol. The second-order valence-electron chi connectivity index (χ2n) is 5.55. The highest BCUT2D eigenvalue weighted by molar-refractivity contribution is 9.10.